The van der Waals surface area contributed by atoms with Crippen molar-refractivity contribution < 1.29 is 17.9 Å². The van der Waals surface area contributed by atoms with Crippen molar-refractivity contribution in [1.82, 2.24) is 0 Å². The van der Waals surface area contributed by atoms with Crippen LogP contribution in [0.5, 0.6) is 0 Å². The van der Waals surface area contributed by atoms with Crippen LogP contribution in [0.4, 0.5) is 0 Å². The quantitative estimate of drug-likeness (QED) is 0.550. The van der Waals surface area contributed by atoms with E-state index >= 15 is 0 Å². The summed E-state index contributed by atoms with van der Waals surface area (Å²) < 4.78 is 28.0. The third-order valence-corrected chi connectivity index (χ3v) is 5.05. The van der Waals surface area contributed by atoms with Gasteiger partial charge < -0.3 is 10.5 Å². The van der Waals surface area contributed by atoms with Gasteiger partial charge in [-0.25, -0.2) is 8.42 Å². The first-order chi connectivity index (χ1) is 6.38. The molecule has 0 aromatic heterocycles. The van der Waals surface area contributed by atoms with Crippen molar-refractivity contribution >= 4 is 21.8 Å². The highest BCUT2D eigenvalue weighted by atomic mass is 32.2. The van der Waals surface area contributed by atoms with Crippen molar-refractivity contribution in [1.29, 1.82) is 0 Å². The molecule has 1 fully saturated rings. The molecule has 0 radical (unpaired) electrons. The first kappa shape index (κ1) is 9.45. The lowest BCUT2D eigenvalue weighted by atomic mass is 9.97. The van der Waals surface area contributed by atoms with Crippen LogP contribution in [-0.2, 0) is 19.4 Å². The minimum Gasteiger partial charge on any atom is -0.447 e. The largest absolute Gasteiger partial charge is 0.447 e. The second-order valence-corrected chi connectivity index (χ2v) is 5.95. The van der Waals surface area contributed by atoms with E-state index in [-0.39, 0.29) is 18.2 Å². The number of carbonyl (C=O) groups is 1. The van der Waals surface area contributed by atoms with E-state index in [2.05, 4.69) is 4.99 Å². The number of nitrogens with zero attached hydrogens (tertiary/aromatic N) is 1. The Balaban J connectivity index is 2.43. The first-order valence-electron chi connectivity index (χ1n) is 4.18. The molecule has 0 aliphatic carbocycles. The zero-order valence-corrected chi connectivity index (χ0v) is 8.37. The van der Waals surface area contributed by atoms with Crippen LogP contribution in [0.2, 0.25) is 0 Å². The molecule has 2 unspecified atom stereocenters. The third-order valence-electron chi connectivity index (χ3n) is 2.81. The predicted octanol–water partition coefficient (Wildman–Crippen LogP) is -1.20. The Hall–Kier alpha value is -1.11. The Morgan fingerprint density at radius 2 is 2.29 bits per heavy atom. The molecule has 2 heterocycles. The van der Waals surface area contributed by atoms with Crippen LogP contribution >= 0.6 is 0 Å². The van der Waals surface area contributed by atoms with Gasteiger partial charge >= 0.3 is 0 Å². The van der Waals surface area contributed by atoms with E-state index in [1.54, 1.807) is 0 Å². The average molecular weight is 218 g/mol. The van der Waals surface area contributed by atoms with Gasteiger partial charge in [0.2, 0.25) is 5.60 Å². The van der Waals surface area contributed by atoms with E-state index in [9.17, 15) is 13.2 Å². The maximum absolute atomic E-state index is 11.5. The molecule has 2 rings (SSSR count). The van der Waals surface area contributed by atoms with Gasteiger partial charge in [-0.15, -0.1) is 0 Å². The highest BCUT2D eigenvalue weighted by molar-refractivity contribution is 7.92. The minimum atomic E-state index is -3.25. The van der Waals surface area contributed by atoms with Crippen LogP contribution in [0.25, 0.3) is 0 Å². The topological polar surface area (TPSA) is 98.8 Å². The summed E-state index contributed by atoms with van der Waals surface area (Å²) in [7, 11) is -3.25. The molecule has 1 amide bonds. The fraction of sp³-hybridized carbons (Fsp3) is 0.714. The molecule has 14 heavy (non-hydrogen) atoms. The van der Waals surface area contributed by atoms with Gasteiger partial charge in [-0.05, 0) is 6.92 Å². The van der Waals surface area contributed by atoms with Gasteiger partial charge in [0.25, 0.3) is 11.9 Å². The molecule has 0 bridgehead atoms. The molecule has 2 aliphatic heterocycles. The molecular weight excluding hydrogens is 208 g/mol. The van der Waals surface area contributed by atoms with Crippen molar-refractivity contribution in [3.63, 3.8) is 0 Å². The summed E-state index contributed by atoms with van der Waals surface area (Å²) in [6.45, 7) is 1.45. The van der Waals surface area contributed by atoms with E-state index in [0.717, 1.165) is 0 Å². The second kappa shape index (κ2) is 2.47. The summed E-state index contributed by atoms with van der Waals surface area (Å²) in [5, 5.41) is -0.868. The Labute approximate surface area is 81.1 Å². The molecule has 1 saturated heterocycles. The molecule has 2 atom stereocenters. The standard InChI is InChI=1S/C7H10N2O4S/c1-4-7(2-3-14(4,11)12)5(10)9-6(8)13-7/h4H,2-3H2,1H3,(H2,8,9,10). The summed E-state index contributed by atoms with van der Waals surface area (Å²) in [5.74, 6) is -0.633. The second-order valence-electron chi connectivity index (χ2n) is 3.51. The molecule has 0 aromatic rings. The van der Waals surface area contributed by atoms with Gasteiger partial charge in [-0.2, -0.15) is 4.99 Å². The lowest BCUT2D eigenvalue weighted by Crippen LogP contribution is -2.45. The molecule has 0 aromatic carbocycles. The van der Waals surface area contributed by atoms with Gasteiger partial charge in [0.05, 0.1) is 5.75 Å². The molecule has 1 spiro atoms. The smallest absolute Gasteiger partial charge is 0.295 e. The van der Waals surface area contributed by atoms with Crippen LogP contribution in [0.1, 0.15) is 13.3 Å². The molecule has 2 aliphatic rings. The highest BCUT2D eigenvalue weighted by Crippen LogP contribution is 2.37. The molecule has 6 nitrogen and oxygen atoms in total. The number of carbonyl (C=O) groups excluding carboxylic acids is 1. The Morgan fingerprint density at radius 3 is 2.64 bits per heavy atom. The molecule has 0 saturated carbocycles. The number of rotatable bonds is 0. The van der Waals surface area contributed by atoms with Crippen molar-refractivity contribution in [3.8, 4) is 0 Å². The normalized spacial score (nSPS) is 39.9. The van der Waals surface area contributed by atoms with Crippen LogP contribution in [-0.4, -0.2) is 37.0 Å². The van der Waals surface area contributed by atoms with E-state index in [4.69, 9.17) is 10.5 Å². The average Bonchev–Trinajstić information content (AvgIpc) is 2.47. The Kier molecular flexibility index (Phi) is 1.67. The van der Waals surface area contributed by atoms with Crippen molar-refractivity contribution in [2.75, 3.05) is 5.75 Å². The van der Waals surface area contributed by atoms with E-state index < -0.39 is 26.6 Å². The number of hydrogen-bond donors (Lipinski definition) is 1. The zero-order valence-electron chi connectivity index (χ0n) is 7.56. The maximum Gasteiger partial charge on any atom is 0.295 e. The van der Waals surface area contributed by atoms with E-state index in [1.165, 1.54) is 6.92 Å². The fourth-order valence-electron chi connectivity index (χ4n) is 1.83. The lowest BCUT2D eigenvalue weighted by Gasteiger charge is -2.23. The SMILES string of the molecule is CC1C2(CCS1(=O)=O)OC(N)=NC2=O. The molecular formula is C7H10N2O4S. The van der Waals surface area contributed by atoms with Gasteiger partial charge in [0, 0.05) is 6.42 Å². The number of amides is 1. The number of amidine groups is 1. The number of ether oxygens (including phenoxy) is 1. The van der Waals surface area contributed by atoms with E-state index in [1.807, 2.05) is 0 Å². The highest BCUT2D eigenvalue weighted by Gasteiger charge is 2.59. The molecule has 2 N–H and O–H groups in total. The van der Waals surface area contributed by atoms with Gasteiger partial charge in [-0.1, -0.05) is 0 Å². The summed E-state index contributed by atoms with van der Waals surface area (Å²) >= 11 is 0. The summed E-state index contributed by atoms with van der Waals surface area (Å²) in [4.78, 5) is 14.9. The van der Waals surface area contributed by atoms with E-state index in [0.29, 0.717) is 0 Å². The van der Waals surface area contributed by atoms with Crippen LogP contribution in [0.15, 0.2) is 4.99 Å². The Morgan fingerprint density at radius 1 is 1.64 bits per heavy atom. The van der Waals surface area contributed by atoms with Gasteiger partial charge in [0.1, 0.15) is 5.25 Å². The van der Waals surface area contributed by atoms with Gasteiger partial charge in [0.15, 0.2) is 9.84 Å². The zero-order chi connectivity index (χ0) is 10.6. The lowest BCUT2D eigenvalue weighted by molar-refractivity contribution is -0.130. The van der Waals surface area contributed by atoms with Crippen LogP contribution in [0, 0.1) is 0 Å². The van der Waals surface area contributed by atoms with Crippen LogP contribution in [0.3, 0.4) is 0 Å². The van der Waals surface area contributed by atoms with Gasteiger partial charge in [-0.3, -0.25) is 4.79 Å². The monoisotopic (exact) mass is 218 g/mol. The number of hydrogen-bond acceptors (Lipinski definition) is 5. The summed E-state index contributed by atoms with van der Waals surface area (Å²) in [6, 6.07) is -0.237. The predicted molar refractivity (Wildman–Crippen MR) is 48.3 cm³/mol. The van der Waals surface area contributed by atoms with Crippen LogP contribution < -0.4 is 5.73 Å². The third kappa shape index (κ3) is 0.985. The van der Waals surface area contributed by atoms with Crippen molar-refractivity contribution in [3.05, 3.63) is 0 Å². The van der Waals surface area contributed by atoms with Crippen molar-refractivity contribution in [2.45, 2.75) is 24.2 Å². The summed E-state index contributed by atoms with van der Waals surface area (Å²) in [5.41, 5.74) is 3.90. The fourth-order valence-corrected chi connectivity index (χ4v) is 3.61. The number of nitrogens with two attached hydrogens (primary N) is 1. The number of aliphatic imine (C=N–C) groups is 1. The van der Waals surface area contributed by atoms with Crippen molar-refractivity contribution in [2.24, 2.45) is 10.7 Å². The Bertz CT molecular complexity index is 427. The maximum atomic E-state index is 11.5. The summed E-state index contributed by atoms with van der Waals surface area (Å²) in [6.07, 6.45) is 0.138. The minimum absolute atomic E-state index is 0.0529. The molecule has 7 heteroatoms. The first-order valence-corrected chi connectivity index (χ1v) is 5.89. The molecule has 78 valence electrons. The number of sulfone groups is 1.